The maximum absolute atomic E-state index is 12.5. The van der Waals surface area contributed by atoms with Crippen LogP contribution in [0.5, 0.6) is 0 Å². The van der Waals surface area contributed by atoms with Crippen molar-refractivity contribution in [2.45, 2.75) is 19.8 Å². The number of carbonyl (C=O) groups excluding carboxylic acids is 1. The van der Waals surface area contributed by atoms with E-state index < -0.39 is 0 Å². The van der Waals surface area contributed by atoms with E-state index in [1.54, 1.807) is 0 Å². The molecule has 0 bridgehead atoms. The number of aryl methyl sites for hydroxylation is 1. The summed E-state index contributed by atoms with van der Waals surface area (Å²) in [6.07, 6.45) is 2.05. The van der Waals surface area contributed by atoms with Gasteiger partial charge in [0.1, 0.15) is 5.82 Å². The summed E-state index contributed by atoms with van der Waals surface area (Å²) in [5.74, 6) is 0.820. The first kappa shape index (κ1) is 17.3. The summed E-state index contributed by atoms with van der Waals surface area (Å²) in [5.41, 5.74) is 0.920. The average molecular weight is 332 g/mol. The van der Waals surface area contributed by atoms with Crippen LogP contribution in [0, 0.1) is 12.8 Å². The normalized spacial score (nSPS) is 23.1. The van der Waals surface area contributed by atoms with Gasteiger partial charge in [0.25, 0.3) is 0 Å². The molecule has 0 radical (unpaired) electrons. The number of nitrogens with one attached hydrogen (secondary N) is 1. The molecule has 0 aromatic carbocycles. The lowest BCUT2D eigenvalue weighted by Crippen LogP contribution is -2.46. The summed E-state index contributed by atoms with van der Waals surface area (Å²) >= 11 is 0. The molecule has 1 aromatic rings. The van der Waals surface area contributed by atoms with Gasteiger partial charge in [-0.3, -0.25) is 9.69 Å². The molecule has 1 N–H and O–H groups in total. The molecule has 0 aliphatic carbocycles. The zero-order valence-corrected chi connectivity index (χ0v) is 14.5. The summed E-state index contributed by atoms with van der Waals surface area (Å²) in [4.78, 5) is 21.8. The van der Waals surface area contributed by atoms with Gasteiger partial charge < -0.3 is 15.0 Å². The Morgan fingerprint density at radius 3 is 2.83 bits per heavy atom. The van der Waals surface area contributed by atoms with Crippen molar-refractivity contribution in [2.75, 3.05) is 57.8 Å². The zero-order valence-electron chi connectivity index (χ0n) is 14.5. The number of morpholine rings is 1. The molecule has 1 unspecified atom stereocenters. The first-order chi connectivity index (χ1) is 11.7. The van der Waals surface area contributed by atoms with Crippen LogP contribution in [-0.4, -0.2) is 73.2 Å². The topological polar surface area (TPSA) is 57.7 Å². The van der Waals surface area contributed by atoms with Gasteiger partial charge in [-0.25, -0.2) is 4.98 Å². The second-order valence-corrected chi connectivity index (χ2v) is 6.75. The minimum atomic E-state index is 0.0609. The van der Waals surface area contributed by atoms with E-state index in [4.69, 9.17) is 4.74 Å². The zero-order chi connectivity index (χ0) is 16.8. The van der Waals surface area contributed by atoms with Crippen LogP contribution in [0.3, 0.4) is 0 Å². The Balaban J connectivity index is 1.46. The number of pyridine rings is 1. The number of likely N-dealkylation sites (tertiary alicyclic amines) is 1. The lowest BCUT2D eigenvalue weighted by atomic mass is 9.97. The fourth-order valence-electron chi connectivity index (χ4n) is 3.42. The monoisotopic (exact) mass is 332 g/mol. The molecular formula is C18H28N4O2. The van der Waals surface area contributed by atoms with Crippen LogP contribution in [0.4, 0.5) is 5.82 Å². The molecule has 2 aliphatic rings. The summed E-state index contributed by atoms with van der Waals surface area (Å²) in [6.45, 7) is 9.71. The second kappa shape index (κ2) is 8.55. The maximum Gasteiger partial charge on any atom is 0.229 e. The molecule has 2 aliphatic heterocycles. The van der Waals surface area contributed by atoms with Gasteiger partial charge >= 0.3 is 0 Å². The molecule has 132 valence electrons. The van der Waals surface area contributed by atoms with Crippen LogP contribution in [0.2, 0.25) is 0 Å². The summed E-state index contributed by atoms with van der Waals surface area (Å²) in [6, 6.07) is 5.71. The van der Waals surface area contributed by atoms with E-state index in [1.165, 1.54) is 0 Å². The van der Waals surface area contributed by atoms with Crippen molar-refractivity contribution in [3.8, 4) is 0 Å². The number of amides is 1. The average Bonchev–Trinajstić information content (AvgIpc) is 2.61. The third-order valence-corrected chi connectivity index (χ3v) is 4.85. The molecule has 2 fully saturated rings. The number of ether oxygens (including phenoxy) is 1. The van der Waals surface area contributed by atoms with E-state index in [1.807, 2.05) is 25.1 Å². The van der Waals surface area contributed by atoms with Gasteiger partial charge in [0, 0.05) is 38.4 Å². The highest BCUT2D eigenvalue weighted by Gasteiger charge is 2.26. The molecule has 0 saturated carbocycles. The smallest absolute Gasteiger partial charge is 0.229 e. The molecule has 2 saturated heterocycles. The summed E-state index contributed by atoms with van der Waals surface area (Å²) < 4.78 is 5.39. The lowest BCUT2D eigenvalue weighted by Gasteiger charge is -2.34. The Hall–Kier alpha value is -1.50. The molecule has 6 nitrogen and oxygen atoms in total. The number of carbonyl (C=O) groups is 1. The predicted molar refractivity (Wildman–Crippen MR) is 94.0 cm³/mol. The van der Waals surface area contributed by atoms with Crippen LogP contribution in [0.25, 0.3) is 0 Å². The lowest BCUT2D eigenvalue weighted by molar-refractivity contribution is -0.121. The van der Waals surface area contributed by atoms with Gasteiger partial charge in [0.15, 0.2) is 0 Å². The van der Waals surface area contributed by atoms with E-state index in [2.05, 4.69) is 20.1 Å². The molecule has 1 aromatic heterocycles. The van der Waals surface area contributed by atoms with Crippen LogP contribution < -0.4 is 5.32 Å². The Morgan fingerprint density at radius 1 is 1.25 bits per heavy atom. The largest absolute Gasteiger partial charge is 0.379 e. The van der Waals surface area contributed by atoms with E-state index in [-0.39, 0.29) is 11.8 Å². The van der Waals surface area contributed by atoms with E-state index in [9.17, 15) is 4.79 Å². The Kier molecular flexibility index (Phi) is 6.18. The number of hydrogen-bond acceptors (Lipinski definition) is 5. The van der Waals surface area contributed by atoms with Crippen LogP contribution in [0.1, 0.15) is 18.5 Å². The molecule has 1 atom stereocenters. The van der Waals surface area contributed by atoms with Crippen molar-refractivity contribution in [2.24, 2.45) is 5.92 Å². The number of aromatic nitrogens is 1. The molecule has 1 amide bonds. The van der Waals surface area contributed by atoms with Crippen LogP contribution >= 0.6 is 0 Å². The Bertz CT molecular complexity index is 546. The fraction of sp³-hybridized carbons (Fsp3) is 0.667. The number of hydrogen-bond donors (Lipinski definition) is 1. The second-order valence-electron chi connectivity index (χ2n) is 6.75. The van der Waals surface area contributed by atoms with Crippen molar-refractivity contribution in [3.05, 3.63) is 23.9 Å². The van der Waals surface area contributed by atoms with Gasteiger partial charge in [-0.1, -0.05) is 6.07 Å². The fourth-order valence-corrected chi connectivity index (χ4v) is 3.42. The minimum absolute atomic E-state index is 0.0609. The summed E-state index contributed by atoms with van der Waals surface area (Å²) in [7, 11) is 0. The van der Waals surface area contributed by atoms with Crippen molar-refractivity contribution < 1.29 is 9.53 Å². The van der Waals surface area contributed by atoms with Crippen LogP contribution in [0.15, 0.2) is 18.2 Å². The highest BCUT2D eigenvalue weighted by molar-refractivity contribution is 5.91. The highest BCUT2D eigenvalue weighted by Crippen LogP contribution is 2.18. The van der Waals surface area contributed by atoms with Gasteiger partial charge in [-0.2, -0.15) is 0 Å². The van der Waals surface area contributed by atoms with Crippen LogP contribution in [-0.2, 0) is 9.53 Å². The number of rotatable bonds is 5. The third-order valence-electron chi connectivity index (χ3n) is 4.85. The highest BCUT2D eigenvalue weighted by atomic mass is 16.5. The van der Waals surface area contributed by atoms with E-state index in [0.717, 1.165) is 71.0 Å². The first-order valence-electron chi connectivity index (χ1n) is 8.98. The maximum atomic E-state index is 12.5. The molecule has 3 rings (SSSR count). The number of nitrogens with zero attached hydrogens (tertiary/aromatic N) is 3. The van der Waals surface area contributed by atoms with Crippen molar-refractivity contribution in [1.82, 2.24) is 14.8 Å². The van der Waals surface area contributed by atoms with Crippen molar-refractivity contribution in [1.29, 1.82) is 0 Å². The molecule has 3 heterocycles. The van der Waals surface area contributed by atoms with E-state index >= 15 is 0 Å². The quantitative estimate of drug-likeness (QED) is 0.883. The standard InChI is InChI=1S/C18H28N4O2/c1-15-4-2-6-17(19-15)20-18(23)16-5-3-7-22(14-16)9-8-21-10-12-24-13-11-21/h2,4,6,16H,3,5,7-14H2,1H3,(H,19,20,23). The van der Waals surface area contributed by atoms with Gasteiger partial charge in [0.05, 0.1) is 19.1 Å². The van der Waals surface area contributed by atoms with Gasteiger partial charge in [-0.05, 0) is 38.4 Å². The van der Waals surface area contributed by atoms with E-state index in [0.29, 0.717) is 5.82 Å². The van der Waals surface area contributed by atoms with Crippen molar-refractivity contribution >= 4 is 11.7 Å². The first-order valence-corrected chi connectivity index (χ1v) is 8.98. The van der Waals surface area contributed by atoms with Gasteiger partial charge in [0.2, 0.25) is 5.91 Å². The predicted octanol–water partition coefficient (Wildman–Crippen LogP) is 1.37. The summed E-state index contributed by atoms with van der Waals surface area (Å²) in [5, 5.41) is 2.97. The van der Waals surface area contributed by atoms with Crippen molar-refractivity contribution in [3.63, 3.8) is 0 Å². The third kappa shape index (κ3) is 5.00. The Morgan fingerprint density at radius 2 is 2.04 bits per heavy atom. The molecule has 24 heavy (non-hydrogen) atoms. The minimum Gasteiger partial charge on any atom is -0.379 e. The Labute approximate surface area is 144 Å². The SMILES string of the molecule is Cc1cccc(NC(=O)C2CCCN(CCN3CCOCC3)C2)n1. The van der Waals surface area contributed by atoms with Gasteiger partial charge in [-0.15, -0.1) is 0 Å². The molecule has 6 heteroatoms. The number of anilines is 1. The number of piperidine rings is 1. The molecule has 0 spiro atoms. The molecular weight excluding hydrogens is 304 g/mol.